The second-order valence-corrected chi connectivity index (χ2v) is 4.33. The van der Waals surface area contributed by atoms with Crippen molar-refractivity contribution in [3.05, 3.63) is 0 Å². The summed E-state index contributed by atoms with van der Waals surface area (Å²) in [4.78, 5) is 4.21. The fourth-order valence-corrected chi connectivity index (χ4v) is 1.16. The quantitative estimate of drug-likeness (QED) is 0.264. The van der Waals surface area contributed by atoms with Gasteiger partial charge in [-0.25, -0.2) is 0 Å². The van der Waals surface area contributed by atoms with E-state index in [1.54, 1.807) is 7.11 Å². The molecule has 0 atom stereocenters. The second-order valence-electron chi connectivity index (χ2n) is 4.33. The normalized spacial score (nSPS) is 11.4. The van der Waals surface area contributed by atoms with Crippen molar-refractivity contribution in [2.45, 2.75) is 26.7 Å². The molecule has 0 saturated heterocycles. The van der Waals surface area contributed by atoms with E-state index in [9.17, 15) is 0 Å². The predicted octanol–water partition coefficient (Wildman–Crippen LogP) is 1.61. The van der Waals surface area contributed by atoms with Crippen molar-refractivity contribution in [1.82, 2.24) is 5.32 Å². The Labute approximate surface area is 128 Å². The maximum Gasteiger partial charge on any atom is 0.188 e. The average Bonchev–Trinajstić information content (AvgIpc) is 2.27. The molecular formula is C12H28IN3O2. The van der Waals surface area contributed by atoms with E-state index in [-0.39, 0.29) is 24.0 Å². The summed E-state index contributed by atoms with van der Waals surface area (Å²) in [6.45, 7) is 7.94. The number of aliphatic imine (C=N–C) groups is 1. The molecule has 0 aromatic heterocycles. The van der Waals surface area contributed by atoms with E-state index in [1.807, 2.05) is 0 Å². The van der Waals surface area contributed by atoms with Gasteiger partial charge in [-0.2, -0.15) is 0 Å². The van der Waals surface area contributed by atoms with Crippen LogP contribution < -0.4 is 11.1 Å². The second kappa shape index (κ2) is 15.0. The third-order valence-electron chi connectivity index (χ3n) is 2.19. The smallest absolute Gasteiger partial charge is 0.188 e. The number of methoxy groups -OCH3 is 1. The standard InChI is InChI=1S/C12H27N3O2.HI/c1-11(2)5-7-15-12(13)14-6-4-8-17-10-9-16-3;/h11H,4-10H2,1-3H3,(H3,13,14,15);1H. The molecule has 3 N–H and O–H groups in total. The van der Waals surface area contributed by atoms with Crippen LogP contribution >= 0.6 is 24.0 Å². The van der Waals surface area contributed by atoms with Crippen LogP contribution in [0.3, 0.4) is 0 Å². The molecule has 0 aromatic carbocycles. The highest BCUT2D eigenvalue weighted by Gasteiger charge is 1.95. The van der Waals surface area contributed by atoms with E-state index in [4.69, 9.17) is 15.2 Å². The van der Waals surface area contributed by atoms with E-state index in [0.717, 1.165) is 19.4 Å². The van der Waals surface area contributed by atoms with Crippen LogP contribution in [-0.4, -0.2) is 46.0 Å². The number of nitrogens with one attached hydrogen (secondary N) is 1. The number of halogens is 1. The summed E-state index contributed by atoms with van der Waals surface area (Å²) in [5, 5.41) is 3.09. The van der Waals surface area contributed by atoms with E-state index >= 15 is 0 Å². The zero-order valence-corrected chi connectivity index (χ0v) is 14.1. The first-order valence-electron chi connectivity index (χ1n) is 6.27. The van der Waals surface area contributed by atoms with Crippen molar-refractivity contribution >= 4 is 29.9 Å². The molecule has 0 heterocycles. The Kier molecular flexibility index (Phi) is 16.8. The number of ether oxygens (including phenoxy) is 2. The third-order valence-corrected chi connectivity index (χ3v) is 2.19. The number of hydrogen-bond donors (Lipinski definition) is 2. The van der Waals surface area contributed by atoms with E-state index < -0.39 is 0 Å². The van der Waals surface area contributed by atoms with Crippen molar-refractivity contribution in [1.29, 1.82) is 0 Å². The number of hydrogen-bond acceptors (Lipinski definition) is 3. The highest BCUT2D eigenvalue weighted by molar-refractivity contribution is 14.0. The van der Waals surface area contributed by atoms with Gasteiger partial charge in [-0.05, 0) is 18.8 Å². The van der Waals surface area contributed by atoms with Crippen molar-refractivity contribution in [2.75, 3.05) is 40.0 Å². The molecule has 110 valence electrons. The summed E-state index contributed by atoms with van der Waals surface area (Å²) >= 11 is 0. The van der Waals surface area contributed by atoms with E-state index in [2.05, 4.69) is 24.2 Å². The van der Waals surface area contributed by atoms with Gasteiger partial charge in [0.1, 0.15) is 0 Å². The lowest BCUT2D eigenvalue weighted by atomic mass is 10.1. The highest BCUT2D eigenvalue weighted by atomic mass is 127. The Balaban J connectivity index is 0. The van der Waals surface area contributed by atoms with Crippen molar-refractivity contribution < 1.29 is 9.47 Å². The van der Waals surface area contributed by atoms with Crippen LogP contribution in [0.2, 0.25) is 0 Å². The minimum absolute atomic E-state index is 0. The van der Waals surface area contributed by atoms with E-state index in [0.29, 0.717) is 38.2 Å². The Hall–Kier alpha value is -0.0800. The lowest BCUT2D eigenvalue weighted by Crippen LogP contribution is -2.33. The maximum absolute atomic E-state index is 5.70. The molecule has 18 heavy (non-hydrogen) atoms. The molecular weight excluding hydrogens is 345 g/mol. The Morgan fingerprint density at radius 1 is 1.28 bits per heavy atom. The van der Waals surface area contributed by atoms with Gasteiger partial charge in [0.2, 0.25) is 0 Å². The molecule has 0 unspecified atom stereocenters. The summed E-state index contributed by atoms with van der Waals surface area (Å²) in [7, 11) is 1.66. The molecule has 0 spiro atoms. The monoisotopic (exact) mass is 373 g/mol. The van der Waals surface area contributed by atoms with Gasteiger partial charge >= 0.3 is 0 Å². The highest BCUT2D eigenvalue weighted by Crippen LogP contribution is 1.95. The van der Waals surface area contributed by atoms with Gasteiger partial charge in [-0.1, -0.05) is 13.8 Å². The van der Waals surface area contributed by atoms with Crippen LogP contribution in [-0.2, 0) is 9.47 Å². The summed E-state index contributed by atoms with van der Waals surface area (Å²) in [6, 6.07) is 0. The average molecular weight is 373 g/mol. The molecule has 5 nitrogen and oxygen atoms in total. The molecule has 0 saturated carbocycles. The number of nitrogens with zero attached hydrogens (tertiary/aromatic N) is 1. The zero-order chi connectivity index (χ0) is 12.9. The minimum Gasteiger partial charge on any atom is -0.382 e. The number of nitrogens with two attached hydrogens (primary N) is 1. The molecule has 0 fully saturated rings. The molecule has 0 aliphatic heterocycles. The Morgan fingerprint density at radius 3 is 2.61 bits per heavy atom. The summed E-state index contributed by atoms with van der Waals surface area (Å²) in [5.41, 5.74) is 5.70. The van der Waals surface area contributed by atoms with Crippen LogP contribution in [0.5, 0.6) is 0 Å². The van der Waals surface area contributed by atoms with Crippen LogP contribution in [0.25, 0.3) is 0 Å². The van der Waals surface area contributed by atoms with Gasteiger partial charge in [0.05, 0.1) is 13.2 Å². The van der Waals surface area contributed by atoms with Crippen molar-refractivity contribution in [2.24, 2.45) is 16.6 Å². The first-order valence-corrected chi connectivity index (χ1v) is 6.27. The van der Waals surface area contributed by atoms with Crippen LogP contribution in [0.1, 0.15) is 26.7 Å². The first kappa shape index (κ1) is 20.2. The largest absolute Gasteiger partial charge is 0.382 e. The molecule has 0 aliphatic rings. The molecule has 0 bridgehead atoms. The first-order chi connectivity index (χ1) is 8.16. The molecule has 0 rings (SSSR count). The van der Waals surface area contributed by atoms with Crippen LogP contribution in [0, 0.1) is 5.92 Å². The van der Waals surface area contributed by atoms with Gasteiger partial charge in [0.15, 0.2) is 5.96 Å². The van der Waals surface area contributed by atoms with Gasteiger partial charge in [0, 0.05) is 26.8 Å². The van der Waals surface area contributed by atoms with Gasteiger partial charge < -0.3 is 20.5 Å². The van der Waals surface area contributed by atoms with Crippen LogP contribution in [0.4, 0.5) is 0 Å². The molecule has 0 amide bonds. The van der Waals surface area contributed by atoms with Crippen LogP contribution in [0.15, 0.2) is 4.99 Å². The van der Waals surface area contributed by atoms with Crippen molar-refractivity contribution in [3.8, 4) is 0 Å². The number of guanidine groups is 1. The molecule has 0 radical (unpaired) electrons. The van der Waals surface area contributed by atoms with Gasteiger partial charge in [0.25, 0.3) is 0 Å². The van der Waals surface area contributed by atoms with Gasteiger partial charge in [-0.15, -0.1) is 24.0 Å². The zero-order valence-electron chi connectivity index (χ0n) is 11.8. The summed E-state index contributed by atoms with van der Waals surface area (Å²) in [6.07, 6.45) is 1.99. The number of rotatable bonds is 10. The third kappa shape index (κ3) is 15.9. The lowest BCUT2D eigenvalue weighted by Gasteiger charge is -2.07. The topological polar surface area (TPSA) is 68.9 Å². The fourth-order valence-electron chi connectivity index (χ4n) is 1.16. The minimum atomic E-state index is 0. The fraction of sp³-hybridized carbons (Fsp3) is 0.917. The van der Waals surface area contributed by atoms with Gasteiger partial charge in [-0.3, -0.25) is 4.99 Å². The summed E-state index contributed by atoms with van der Waals surface area (Å²) in [5.74, 6) is 1.21. The lowest BCUT2D eigenvalue weighted by molar-refractivity contribution is 0.0702. The SMILES string of the molecule is COCCOCCCN=C(N)NCCC(C)C.I. The van der Waals surface area contributed by atoms with E-state index in [1.165, 1.54) is 0 Å². The maximum atomic E-state index is 5.70. The van der Waals surface area contributed by atoms with Crippen molar-refractivity contribution in [3.63, 3.8) is 0 Å². The Morgan fingerprint density at radius 2 is 2.00 bits per heavy atom. The predicted molar refractivity (Wildman–Crippen MR) is 86.7 cm³/mol. The Bertz CT molecular complexity index is 202. The summed E-state index contributed by atoms with van der Waals surface area (Å²) < 4.78 is 10.2. The molecule has 6 heteroatoms. The molecule has 0 aliphatic carbocycles. The molecule has 0 aromatic rings.